The number of hydrogen-bond acceptors (Lipinski definition) is 6. The first kappa shape index (κ1) is 18.0. The highest BCUT2D eigenvalue weighted by atomic mass is 32.1. The van der Waals surface area contributed by atoms with E-state index in [0.717, 1.165) is 42.7 Å². The fraction of sp³-hybridized carbons (Fsp3) is 0.500. The third-order valence-corrected chi connectivity index (χ3v) is 7.40. The Labute approximate surface area is 170 Å². The Morgan fingerprint density at radius 1 is 1.14 bits per heavy atom. The summed E-state index contributed by atoms with van der Waals surface area (Å²) >= 11 is 1.79. The Balaban J connectivity index is 1.45. The fourth-order valence-electron chi connectivity index (χ4n) is 4.24. The number of hydrogen-bond donors (Lipinski definition) is 1. The van der Waals surface area contributed by atoms with E-state index in [1.807, 2.05) is 12.3 Å². The van der Waals surface area contributed by atoms with Gasteiger partial charge in [0.15, 0.2) is 0 Å². The minimum absolute atomic E-state index is 0.159. The number of nitrogens with zero attached hydrogens (tertiary/aromatic N) is 4. The van der Waals surface area contributed by atoms with E-state index in [-0.39, 0.29) is 5.41 Å². The number of aromatic nitrogens is 3. The maximum absolute atomic E-state index is 4.99. The molecule has 3 aromatic heterocycles. The number of anilines is 1. The van der Waals surface area contributed by atoms with E-state index < -0.39 is 0 Å². The van der Waals surface area contributed by atoms with Crippen molar-refractivity contribution in [1.29, 1.82) is 0 Å². The smallest absolute Gasteiger partial charge is 0.146 e. The van der Waals surface area contributed by atoms with Crippen LogP contribution >= 0.6 is 11.3 Å². The molecular formula is C22H27N5S. The van der Waals surface area contributed by atoms with Crippen LogP contribution in [0.4, 0.5) is 5.82 Å². The number of likely N-dealkylation sites (tertiary alicyclic amines) is 1. The van der Waals surface area contributed by atoms with Crippen LogP contribution in [-0.4, -0.2) is 39.5 Å². The number of thiophene rings is 1. The first-order chi connectivity index (χ1) is 13.6. The molecule has 2 aliphatic rings. The van der Waals surface area contributed by atoms with Gasteiger partial charge in [-0.3, -0.25) is 9.88 Å². The molecule has 3 aromatic rings. The molecule has 0 bridgehead atoms. The van der Waals surface area contributed by atoms with Gasteiger partial charge < -0.3 is 5.32 Å². The highest BCUT2D eigenvalue weighted by Gasteiger charge is 2.45. The molecule has 6 heteroatoms. The van der Waals surface area contributed by atoms with Crippen LogP contribution in [0.3, 0.4) is 0 Å². The average Bonchev–Trinajstić information content (AvgIpc) is 3.23. The van der Waals surface area contributed by atoms with Crippen LogP contribution in [0.25, 0.3) is 10.2 Å². The fourth-order valence-corrected chi connectivity index (χ4v) is 5.28. The molecule has 146 valence electrons. The predicted octanol–water partition coefficient (Wildman–Crippen LogP) is 4.44. The van der Waals surface area contributed by atoms with Crippen LogP contribution in [0.1, 0.15) is 47.6 Å². The van der Waals surface area contributed by atoms with Gasteiger partial charge in [0.25, 0.3) is 0 Å². The van der Waals surface area contributed by atoms with Crippen LogP contribution in [0.15, 0.2) is 24.4 Å². The molecule has 5 nitrogen and oxygen atoms in total. The van der Waals surface area contributed by atoms with Gasteiger partial charge in [-0.25, -0.2) is 9.97 Å². The SMILES string of the molecule is Cc1sc2nc(CN3CCCC3)nc(NCC3(c4ccccn4)CC3)c2c1C. The second kappa shape index (κ2) is 7.08. The summed E-state index contributed by atoms with van der Waals surface area (Å²) in [6.07, 6.45) is 6.86. The number of aryl methyl sites for hydroxylation is 2. The standard InChI is InChI=1S/C22H27N5S/c1-15-16(2)28-21-19(15)20(25-18(26-21)13-27-11-5-6-12-27)24-14-22(8-9-22)17-7-3-4-10-23-17/h3-4,7,10H,5-6,8-9,11-14H2,1-2H3,(H,24,25,26). The number of nitrogens with one attached hydrogen (secondary N) is 1. The average molecular weight is 394 g/mol. The second-order valence-electron chi connectivity index (χ2n) is 8.28. The largest absolute Gasteiger partial charge is 0.368 e. The Morgan fingerprint density at radius 2 is 1.96 bits per heavy atom. The third-order valence-electron chi connectivity index (χ3n) is 6.29. The Kier molecular flexibility index (Phi) is 4.56. The highest BCUT2D eigenvalue weighted by Crippen LogP contribution is 2.47. The van der Waals surface area contributed by atoms with E-state index in [1.54, 1.807) is 11.3 Å². The van der Waals surface area contributed by atoms with E-state index >= 15 is 0 Å². The lowest BCUT2D eigenvalue weighted by molar-refractivity contribution is 0.323. The molecule has 1 saturated heterocycles. The Hall–Kier alpha value is -2.05. The maximum atomic E-state index is 4.99. The molecule has 0 radical (unpaired) electrons. The second-order valence-corrected chi connectivity index (χ2v) is 9.49. The van der Waals surface area contributed by atoms with Gasteiger partial charge in [-0.05, 0) is 70.3 Å². The highest BCUT2D eigenvalue weighted by molar-refractivity contribution is 7.18. The molecular weight excluding hydrogens is 366 g/mol. The minimum atomic E-state index is 0.159. The normalized spacial score (nSPS) is 18.6. The van der Waals surface area contributed by atoms with Crippen molar-refractivity contribution in [2.45, 2.75) is 51.5 Å². The molecule has 0 aromatic carbocycles. The first-order valence-corrected chi connectivity index (χ1v) is 11.1. The van der Waals surface area contributed by atoms with Crippen molar-refractivity contribution in [3.63, 3.8) is 0 Å². The van der Waals surface area contributed by atoms with Crippen LogP contribution < -0.4 is 5.32 Å². The lowest BCUT2D eigenvalue weighted by Crippen LogP contribution is -2.23. The summed E-state index contributed by atoms with van der Waals surface area (Å²) in [5.74, 6) is 1.95. The summed E-state index contributed by atoms with van der Waals surface area (Å²) < 4.78 is 0. The van der Waals surface area contributed by atoms with Crippen molar-refractivity contribution in [2.24, 2.45) is 0 Å². The van der Waals surface area contributed by atoms with Gasteiger partial charge in [0.05, 0.1) is 11.9 Å². The van der Waals surface area contributed by atoms with Gasteiger partial charge >= 0.3 is 0 Å². The summed E-state index contributed by atoms with van der Waals surface area (Å²) in [6.45, 7) is 8.43. The van der Waals surface area contributed by atoms with Crippen molar-refractivity contribution >= 4 is 27.4 Å². The quantitative estimate of drug-likeness (QED) is 0.671. The monoisotopic (exact) mass is 393 g/mol. The Bertz CT molecular complexity index is 987. The van der Waals surface area contributed by atoms with E-state index in [1.165, 1.54) is 47.2 Å². The van der Waals surface area contributed by atoms with Gasteiger partial charge in [0.2, 0.25) is 0 Å². The number of rotatable bonds is 6. The van der Waals surface area contributed by atoms with Crippen molar-refractivity contribution in [3.8, 4) is 0 Å². The molecule has 1 N–H and O–H groups in total. The summed E-state index contributed by atoms with van der Waals surface area (Å²) in [5, 5.41) is 4.90. The van der Waals surface area contributed by atoms with E-state index in [4.69, 9.17) is 9.97 Å². The Morgan fingerprint density at radius 3 is 2.68 bits per heavy atom. The van der Waals surface area contributed by atoms with Gasteiger partial charge in [0, 0.05) is 28.7 Å². The zero-order valence-corrected chi connectivity index (χ0v) is 17.5. The van der Waals surface area contributed by atoms with Gasteiger partial charge in [0.1, 0.15) is 16.5 Å². The van der Waals surface area contributed by atoms with E-state index in [9.17, 15) is 0 Å². The van der Waals surface area contributed by atoms with Crippen LogP contribution in [0.2, 0.25) is 0 Å². The minimum Gasteiger partial charge on any atom is -0.368 e. The lowest BCUT2D eigenvalue weighted by Gasteiger charge is -2.18. The molecule has 0 unspecified atom stereocenters. The zero-order chi connectivity index (χ0) is 19.1. The van der Waals surface area contributed by atoms with Gasteiger partial charge in [-0.2, -0.15) is 0 Å². The molecule has 0 amide bonds. The molecule has 4 heterocycles. The van der Waals surface area contributed by atoms with Crippen molar-refractivity contribution in [2.75, 3.05) is 25.0 Å². The van der Waals surface area contributed by atoms with Crippen LogP contribution in [0.5, 0.6) is 0 Å². The molecule has 2 fully saturated rings. The van der Waals surface area contributed by atoms with Crippen molar-refractivity contribution in [3.05, 3.63) is 46.4 Å². The molecule has 5 rings (SSSR count). The van der Waals surface area contributed by atoms with E-state index in [2.05, 4.69) is 41.2 Å². The topological polar surface area (TPSA) is 53.9 Å². The van der Waals surface area contributed by atoms with E-state index in [0.29, 0.717) is 0 Å². The van der Waals surface area contributed by atoms with Crippen LogP contribution in [0, 0.1) is 13.8 Å². The van der Waals surface area contributed by atoms with Gasteiger partial charge in [-0.15, -0.1) is 11.3 Å². The van der Waals surface area contributed by atoms with Gasteiger partial charge in [-0.1, -0.05) is 6.07 Å². The molecule has 0 spiro atoms. The first-order valence-electron chi connectivity index (χ1n) is 10.3. The third kappa shape index (κ3) is 3.29. The molecule has 1 aliphatic heterocycles. The molecule has 28 heavy (non-hydrogen) atoms. The number of pyridine rings is 1. The molecule has 1 aliphatic carbocycles. The summed E-state index contributed by atoms with van der Waals surface area (Å²) in [7, 11) is 0. The zero-order valence-electron chi connectivity index (χ0n) is 16.7. The van der Waals surface area contributed by atoms with Crippen molar-refractivity contribution in [1.82, 2.24) is 19.9 Å². The van der Waals surface area contributed by atoms with Crippen LogP contribution in [-0.2, 0) is 12.0 Å². The number of fused-ring (bicyclic) bond motifs is 1. The van der Waals surface area contributed by atoms with Crippen molar-refractivity contribution < 1.29 is 0 Å². The maximum Gasteiger partial charge on any atom is 0.146 e. The molecule has 0 atom stereocenters. The summed E-state index contributed by atoms with van der Waals surface area (Å²) in [4.78, 5) is 19.4. The lowest BCUT2D eigenvalue weighted by atomic mass is 10.0. The predicted molar refractivity (Wildman–Crippen MR) is 115 cm³/mol. The summed E-state index contributed by atoms with van der Waals surface area (Å²) in [6, 6.07) is 6.23. The molecule has 1 saturated carbocycles. The summed E-state index contributed by atoms with van der Waals surface area (Å²) in [5.41, 5.74) is 2.66.